The Hall–Kier alpha value is -8.35. The number of carbonyl (C=O) groups is 12. The summed E-state index contributed by atoms with van der Waals surface area (Å²) in [7, 11) is 0. The van der Waals surface area contributed by atoms with E-state index in [4.69, 9.17) is 40.1 Å². The highest BCUT2D eigenvalue weighted by molar-refractivity contribution is 5.97. The lowest BCUT2D eigenvalue weighted by Crippen LogP contribution is -2.57. The Kier molecular flexibility index (Phi) is 30.8. The summed E-state index contributed by atoms with van der Waals surface area (Å²) in [5.41, 5.74) is 37.7. The normalized spacial score (nSPS) is 12.6. The number of nitrogens with two attached hydrogens (primary N) is 7. The first kappa shape index (κ1) is 63.6. The van der Waals surface area contributed by atoms with Crippen molar-refractivity contribution in [3.05, 3.63) is 0 Å². The first-order valence-electron chi connectivity index (χ1n) is 22.4. The molecule has 5 unspecified atom stereocenters. The molecule has 0 radical (unpaired) electrons. The molecule has 0 heterocycles. The van der Waals surface area contributed by atoms with E-state index in [2.05, 4.69) is 57.5 Å². The average molecular weight is 1030 g/mol. The van der Waals surface area contributed by atoms with E-state index in [-0.39, 0.29) is 101 Å². The van der Waals surface area contributed by atoms with Crippen molar-refractivity contribution < 1.29 is 67.7 Å². The van der Waals surface area contributed by atoms with Gasteiger partial charge in [0.2, 0.25) is 53.2 Å². The van der Waals surface area contributed by atoms with Gasteiger partial charge in [0.25, 0.3) is 0 Å². The van der Waals surface area contributed by atoms with Gasteiger partial charge in [0, 0.05) is 44.8 Å². The summed E-state index contributed by atoms with van der Waals surface area (Å²) in [6, 6.07) is -7.25. The smallest absolute Gasteiger partial charge is 0.305 e. The van der Waals surface area contributed by atoms with Crippen LogP contribution in [0.1, 0.15) is 84.5 Å². The van der Waals surface area contributed by atoms with Gasteiger partial charge in [-0.05, 0) is 44.9 Å². The molecule has 0 aromatic heterocycles. The monoisotopic (exact) mass is 1030 g/mol. The zero-order valence-electron chi connectivity index (χ0n) is 40.2. The van der Waals surface area contributed by atoms with E-state index in [0.717, 1.165) is 0 Å². The molecule has 0 spiro atoms. The summed E-state index contributed by atoms with van der Waals surface area (Å²) in [4.78, 5) is 162. The third-order valence-corrected chi connectivity index (χ3v) is 9.65. The van der Waals surface area contributed by atoms with E-state index >= 15 is 0 Å². The Morgan fingerprint density at radius 2 is 0.806 bits per heavy atom. The highest BCUT2D eigenvalue weighted by Gasteiger charge is 2.31. The molecule has 0 aromatic rings. The largest absolute Gasteiger partial charge is 0.481 e. The number of Topliss-reactive ketones (excluding diaryl/α,β-unsaturated/α-hetero) is 1. The van der Waals surface area contributed by atoms with Gasteiger partial charge in [-0.3, -0.25) is 72.5 Å². The predicted octanol–water partition coefficient (Wildman–Crippen LogP) is -8.25. The number of carboxylic acids is 2. The number of hydrogen-bond acceptors (Lipinski definition) is 15. The number of rotatable bonds is 37. The summed E-state index contributed by atoms with van der Waals surface area (Å²) in [6.07, 6.45) is -2.28. The van der Waals surface area contributed by atoms with Gasteiger partial charge in [0.15, 0.2) is 17.9 Å². The maximum atomic E-state index is 13.7. The van der Waals surface area contributed by atoms with Crippen LogP contribution in [-0.2, 0) is 57.5 Å². The van der Waals surface area contributed by atoms with Gasteiger partial charge in [0.05, 0.1) is 26.1 Å². The van der Waals surface area contributed by atoms with Gasteiger partial charge < -0.3 is 92.9 Å². The zero-order chi connectivity index (χ0) is 54.9. The van der Waals surface area contributed by atoms with Crippen LogP contribution >= 0.6 is 0 Å². The molecule has 24 N–H and O–H groups in total. The van der Waals surface area contributed by atoms with Crippen molar-refractivity contribution in [2.75, 3.05) is 39.3 Å². The van der Waals surface area contributed by atoms with E-state index < -0.39 is 134 Å². The van der Waals surface area contributed by atoms with E-state index in [0.29, 0.717) is 0 Å². The second kappa shape index (κ2) is 34.9. The Labute approximate surface area is 413 Å². The van der Waals surface area contributed by atoms with Crippen LogP contribution in [0.15, 0.2) is 15.0 Å². The van der Waals surface area contributed by atoms with Crippen LogP contribution in [0.4, 0.5) is 0 Å². The number of guanidine groups is 3. The number of primary amides is 1. The summed E-state index contributed by atoms with van der Waals surface area (Å²) in [5.74, 6) is -12.7. The van der Waals surface area contributed by atoms with E-state index in [1.165, 1.54) is 0 Å². The van der Waals surface area contributed by atoms with E-state index in [1.807, 2.05) is 0 Å². The van der Waals surface area contributed by atoms with E-state index in [9.17, 15) is 67.7 Å². The van der Waals surface area contributed by atoms with E-state index in [1.54, 1.807) is 13.8 Å². The number of hydrogen-bond donors (Lipinski definition) is 17. The molecule has 72 heavy (non-hydrogen) atoms. The maximum absolute atomic E-state index is 13.7. The van der Waals surface area contributed by atoms with Crippen molar-refractivity contribution in [1.29, 1.82) is 0 Å². The minimum Gasteiger partial charge on any atom is -0.481 e. The molecular weight excluding hydrogens is 957 g/mol. The van der Waals surface area contributed by atoms with Gasteiger partial charge in [-0.2, -0.15) is 0 Å². The molecule has 0 saturated heterocycles. The Morgan fingerprint density at radius 1 is 0.417 bits per heavy atom. The molecule has 0 aliphatic rings. The number of nitrogens with one attached hydrogen (secondary N) is 8. The molecule has 9 amide bonds. The van der Waals surface area contributed by atoms with Crippen LogP contribution in [0.2, 0.25) is 0 Å². The quantitative estimate of drug-likeness (QED) is 0.0156. The van der Waals surface area contributed by atoms with Crippen molar-refractivity contribution in [3.8, 4) is 0 Å². The number of carboxylic acid groups (broad SMARTS) is 2. The van der Waals surface area contributed by atoms with Crippen LogP contribution < -0.4 is 82.7 Å². The molecule has 0 aliphatic carbocycles. The lowest BCUT2D eigenvalue weighted by Gasteiger charge is -2.25. The fraction of sp³-hybridized carbons (Fsp3) is 0.625. The topological polar surface area (TPSA) is 561 Å². The molecular formula is C40H70N18O14. The highest BCUT2D eigenvalue weighted by Crippen LogP contribution is 2.08. The predicted molar refractivity (Wildman–Crippen MR) is 256 cm³/mol. The fourth-order valence-corrected chi connectivity index (χ4v) is 5.88. The first-order chi connectivity index (χ1) is 33.7. The SMILES string of the molecule is CC(C)C(=O)CCC(=O)NC(CC(=O)O)C(=O)NC(CCC(=O)O)C(=O)NCC(=O)NCC(=O)NCC(=O)NC(CCCN=C(N)N)C(=O)NC(CCCN=C(N)N)C(=O)NC(CCCN=C(N)N)C(N)=O. The minimum absolute atomic E-state index is 0.0234. The van der Waals surface area contributed by atoms with Crippen LogP contribution in [0, 0.1) is 5.92 Å². The van der Waals surface area contributed by atoms with Gasteiger partial charge in [-0.15, -0.1) is 0 Å². The lowest BCUT2D eigenvalue weighted by atomic mass is 10.0. The Bertz CT molecular complexity index is 2000. The Balaban J connectivity index is 5.74. The van der Waals surface area contributed by atoms with Gasteiger partial charge in [0.1, 0.15) is 36.0 Å². The number of aliphatic carboxylic acids is 2. The van der Waals surface area contributed by atoms with Crippen LogP contribution in [0.5, 0.6) is 0 Å². The first-order valence-corrected chi connectivity index (χ1v) is 22.4. The number of aliphatic imine (C=N–C) groups is 3. The molecule has 404 valence electrons. The molecule has 5 atom stereocenters. The number of nitrogens with zero attached hydrogens (tertiary/aromatic N) is 3. The summed E-state index contributed by atoms with van der Waals surface area (Å²) in [5, 5.41) is 36.8. The standard InChI is InChI=1S/C40H70N18O14/c1-20(2)26(59)10-11-27(60)55-25(16-32(66)67)37(72)58-24(9-12-31(64)65)34(69)53-18-29(62)51-17-28(61)52-19-30(63)54-22(7-4-14-49-39(44)45)35(70)57-23(8-5-15-50-40(46)47)36(71)56-21(33(41)68)6-3-13-48-38(42)43/h20-25H,3-19H2,1-2H3,(H2,41,68)(H,51,62)(H,52,61)(H,53,69)(H,54,63)(H,55,60)(H,56,71)(H,57,70)(H,58,72)(H,64,65)(H,66,67)(H4,42,43,48)(H4,44,45,49)(H4,46,47,50). The third kappa shape index (κ3) is 30.9. The molecule has 0 aliphatic heterocycles. The molecule has 32 heteroatoms. The Morgan fingerprint density at radius 3 is 1.24 bits per heavy atom. The summed E-state index contributed by atoms with van der Waals surface area (Å²) < 4.78 is 0. The molecule has 0 bridgehead atoms. The minimum atomic E-state index is -1.74. The second-order valence-electron chi connectivity index (χ2n) is 16.1. The van der Waals surface area contributed by atoms with Crippen molar-refractivity contribution >= 4 is 88.8 Å². The second-order valence-corrected chi connectivity index (χ2v) is 16.1. The van der Waals surface area contributed by atoms with Crippen molar-refractivity contribution in [2.24, 2.45) is 61.0 Å². The van der Waals surface area contributed by atoms with Gasteiger partial charge >= 0.3 is 11.9 Å². The molecule has 0 fully saturated rings. The fourth-order valence-electron chi connectivity index (χ4n) is 5.88. The molecule has 0 saturated carbocycles. The van der Waals surface area contributed by atoms with Gasteiger partial charge in [-0.25, -0.2) is 0 Å². The number of ketones is 1. The van der Waals surface area contributed by atoms with Crippen molar-refractivity contribution in [2.45, 2.75) is 115 Å². The van der Waals surface area contributed by atoms with Crippen molar-refractivity contribution in [3.63, 3.8) is 0 Å². The summed E-state index contributed by atoms with van der Waals surface area (Å²) in [6.45, 7) is 1.11. The van der Waals surface area contributed by atoms with Crippen LogP contribution in [0.3, 0.4) is 0 Å². The maximum Gasteiger partial charge on any atom is 0.305 e. The highest BCUT2D eigenvalue weighted by atomic mass is 16.4. The van der Waals surface area contributed by atoms with Crippen molar-refractivity contribution in [1.82, 2.24) is 42.5 Å². The van der Waals surface area contributed by atoms with Gasteiger partial charge in [-0.1, -0.05) is 13.8 Å². The lowest BCUT2D eigenvalue weighted by molar-refractivity contribution is -0.141. The average Bonchev–Trinajstić information content (AvgIpc) is 3.29. The third-order valence-electron chi connectivity index (χ3n) is 9.65. The molecule has 0 aromatic carbocycles. The summed E-state index contributed by atoms with van der Waals surface area (Å²) >= 11 is 0. The number of amides is 9. The molecule has 32 nitrogen and oxygen atoms in total. The van der Waals surface area contributed by atoms with Crippen LogP contribution in [0.25, 0.3) is 0 Å². The zero-order valence-corrected chi connectivity index (χ0v) is 40.2. The van der Waals surface area contributed by atoms with Crippen LogP contribution in [-0.4, -0.2) is 168 Å². The number of carbonyl (C=O) groups excluding carboxylic acids is 10. The molecule has 0 rings (SSSR count).